The molecule has 4 aliphatic rings. The summed E-state index contributed by atoms with van der Waals surface area (Å²) in [5.74, 6) is 11.1. The molecule has 2 aliphatic carbocycles. The van der Waals surface area contributed by atoms with Gasteiger partial charge in [-0.15, -0.1) is 0 Å². The predicted octanol–water partition coefficient (Wildman–Crippen LogP) is 5.94. The number of esters is 2. The first-order valence-corrected chi connectivity index (χ1v) is 17.9. The molecule has 2 aromatic rings. The van der Waals surface area contributed by atoms with Gasteiger partial charge in [-0.25, -0.2) is 9.59 Å². The second-order valence-corrected chi connectivity index (χ2v) is 14.2. The number of hydrogen-bond acceptors (Lipinski definition) is 8. The lowest BCUT2D eigenvalue weighted by Crippen LogP contribution is -2.53. The van der Waals surface area contributed by atoms with Crippen molar-refractivity contribution in [1.82, 2.24) is 9.80 Å². The number of nitrogens with zero attached hydrogens (tertiary/aromatic N) is 2. The van der Waals surface area contributed by atoms with Crippen molar-refractivity contribution in [3.63, 3.8) is 0 Å². The van der Waals surface area contributed by atoms with Crippen LogP contribution in [0.2, 0.25) is 0 Å². The van der Waals surface area contributed by atoms with Crippen molar-refractivity contribution in [3.05, 3.63) is 70.8 Å². The van der Waals surface area contributed by atoms with Crippen LogP contribution in [0.1, 0.15) is 80.0 Å². The Bertz CT molecular complexity index is 1670. The minimum Gasteiger partial charge on any atom is -0.453 e. The maximum Gasteiger partial charge on any atom is 0.409 e. The van der Waals surface area contributed by atoms with E-state index in [1.807, 2.05) is 62.4 Å². The Morgan fingerprint density at radius 2 is 1.12 bits per heavy atom. The van der Waals surface area contributed by atoms with Crippen molar-refractivity contribution in [3.8, 4) is 23.7 Å². The van der Waals surface area contributed by atoms with Crippen LogP contribution in [0.15, 0.2) is 48.5 Å². The number of amides is 2. The van der Waals surface area contributed by atoms with Gasteiger partial charge in [0.15, 0.2) is 11.2 Å². The van der Waals surface area contributed by atoms with Gasteiger partial charge in [-0.1, -0.05) is 36.1 Å². The number of benzene rings is 2. The highest BCUT2D eigenvalue weighted by atomic mass is 16.6. The number of ether oxygens (including phenoxy) is 4. The highest BCUT2D eigenvalue weighted by Gasteiger charge is 2.56. The first kappa shape index (κ1) is 35.9. The monoisotopic (exact) mass is 694 g/mol. The third-order valence-corrected chi connectivity index (χ3v) is 11.0. The predicted molar refractivity (Wildman–Crippen MR) is 188 cm³/mol. The number of carbonyl (C=O) groups excluding carboxylic acids is 4. The standard InChI is InChI=1S/C41H46N2O8/c1-28-9-5-11-30(25-28)15-21-40(19-7-13-34-32(40)17-23-42(34)38(46)48-3)50-36(44)27-37(45)51-41(22-16-31-12-6-10-29(2)26-31)20-8-14-35-33(41)18-24-43(35)39(47)49-4/h5-6,9-12,25-26,32-35H,7-8,13-14,17-20,23-24,27H2,1-4H3/t32-,33-,34-,35-,40-,41-/m1/s1. The van der Waals surface area contributed by atoms with Crippen LogP contribution in [0.3, 0.4) is 0 Å². The third-order valence-electron chi connectivity index (χ3n) is 11.0. The van der Waals surface area contributed by atoms with Gasteiger partial charge in [-0.05, 0) is 112 Å². The van der Waals surface area contributed by atoms with E-state index in [0.717, 1.165) is 35.1 Å². The normalized spacial score (nSPS) is 27.8. The first-order valence-electron chi connectivity index (χ1n) is 17.9. The van der Waals surface area contributed by atoms with E-state index in [4.69, 9.17) is 18.9 Å². The van der Waals surface area contributed by atoms with Crippen molar-refractivity contribution >= 4 is 24.1 Å². The lowest BCUT2D eigenvalue weighted by atomic mass is 9.72. The molecule has 10 heteroatoms. The number of aryl methyl sites for hydroxylation is 2. The molecular weight excluding hydrogens is 648 g/mol. The van der Waals surface area contributed by atoms with Gasteiger partial charge in [0.25, 0.3) is 0 Å². The molecule has 0 N–H and O–H groups in total. The quantitative estimate of drug-likeness (QED) is 0.167. The van der Waals surface area contributed by atoms with Crippen LogP contribution in [-0.4, -0.2) is 84.5 Å². The Morgan fingerprint density at radius 3 is 1.51 bits per heavy atom. The number of hydrogen-bond donors (Lipinski definition) is 0. The van der Waals surface area contributed by atoms with Crippen molar-refractivity contribution in [1.29, 1.82) is 0 Å². The lowest BCUT2D eigenvalue weighted by Gasteiger charge is -2.43. The van der Waals surface area contributed by atoms with Gasteiger partial charge in [-0.2, -0.15) is 0 Å². The summed E-state index contributed by atoms with van der Waals surface area (Å²) >= 11 is 0. The van der Waals surface area contributed by atoms with Crippen LogP contribution < -0.4 is 0 Å². The summed E-state index contributed by atoms with van der Waals surface area (Å²) in [4.78, 5) is 56.4. The summed E-state index contributed by atoms with van der Waals surface area (Å²) in [5, 5.41) is 0. The fraction of sp³-hybridized carbons (Fsp3) is 0.512. The van der Waals surface area contributed by atoms with E-state index in [1.165, 1.54) is 14.2 Å². The highest BCUT2D eigenvalue weighted by molar-refractivity contribution is 5.92. The van der Waals surface area contributed by atoms with Gasteiger partial charge in [-0.3, -0.25) is 9.59 Å². The number of fused-ring (bicyclic) bond motifs is 2. The molecule has 0 radical (unpaired) electrons. The maximum absolute atomic E-state index is 13.8. The van der Waals surface area contributed by atoms with Gasteiger partial charge < -0.3 is 28.7 Å². The van der Waals surface area contributed by atoms with Gasteiger partial charge in [0.1, 0.15) is 6.42 Å². The van der Waals surface area contributed by atoms with Crippen LogP contribution >= 0.6 is 0 Å². The fourth-order valence-corrected chi connectivity index (χ4v) is 8.73. The molecule has 6 rings (SSSR count). The van der Waals surface area contributed by atoms with Gasteiger partial charge >= 0.3 is 24.1 Å². The Kier molecular flexibility index (Phi) is 10.6. The molecule has 10 nitrogen and oxygen atoms in total. The molecule has 0 unspecified atom stereocenters. The van der Waals surface area contributed by atoms with E-state index in [0.29, 0.717) is 51.6 Å². The maximum atomic E-state index is 13.8. The van der Waals surface area contributed by atoms with Crippen molar-refractivity contribution in [2.24, 2.45) is 11.8 Å². The highest BCUT2D eigenvalue weighted by Crippen LogP contribution is 2.47. The molecule has 2 aromatic carbocycles. The molecule has 4 fully saturated rings. The molecule has 6 atom stereocenters. The molecule has 2 amide bonds. The first-order chi connectivity index (χ1) is 24.6. The van der Waals surface area contributed by atoms with Crippen LogP contribution in [0.4, 0.5) is 9.59 Å². The van der Waals surface area contributed by atoms with Crippen molar-refractivity contribution < 1.29 is 38.1 Å². The molecule has 2 saturated carbocycles. The Hall–Kier alpha value is -4.96. The zero-order valence-corrected chi connectivity index (χ0v) is 29.9. The average molecular weight is 695 g/mol. The summed E-state index contributed by atoms with van der Waals surface area (Å²) in [5.41, 5.74) is 1.25. The number of likely N-dealkylation sites (tertiary alicyclic amines) is 2. The Labute approximate surface area is 300 Å². The second-order valence-electron chi connectivity index (χ2n) is 14.2. The molecule has 0 spiro atoms. The smallest absolute Gasteiger partial charge is 0.409 e. The molecule has 51 heavy (non-hydrogen) atoms. The molecule has 2 heterocycles. The van der Waals surface area contributed by atoms with Crippen molar-refractivity contribution in [2.75, 3.05) is 27.3 Å². The Balaban J connectivity index is 1.27. The zero-order chi connectivity index (χ0) is 36.2. The van der Waals surface area contributed by atoms with E-state index >= 15 is 0 Å². The van der Waals surface area contributed by atoms with Gasteiger partial charge in [0, 0.05) is 48.1 Å². The lowest BCUT2D eigenvalue weighted by molar-refractivity contribution is -0.174. The summed E-state index contributed by atoms with van der Waals surface area (Å²) in [7, 11) is 2.72. The summed E-state index contributed by atoms with van der Waals surface area (Å²) in [6.07, 6.45) is 3.47. The van der Waals surface area contributed by atoms with Gasteiger partial charge in [0.05, 0.1) is 14.2 Å². The molecule has 0 bridgehead atoms. The van der Waals surface area contributed by atoms with Crippen LogP contribution in [0, 0.1) is 49.4 Å². The number of carbonyl (C=O) groups is 4. The van der Waals surface area contributed by atoms with E-state index in [-0.39, 0.29) is 23.9 Å². The van der Waals surface area contributed by atoms with E-state index < -0.39 is 41.7 Å². The average Bonchev–Trinajstić information content (AvgIpc) is 3.76. The molecule has 268 valence electrons. The minimum absolute atomic E-state index is 0.211. The molecule has 2 aliphatic heterocycles. The van der Waals surface area contributed by atoms with Gasteiger partial charge in [0.2, 0.25) is 0 Å². The Morgan fingerprint density at radius 1 is 0.686 bits per heavy atom. The van der Waals surface area contributed by atoms with Crippen LogP contribution in [0.5, 0.6) is 0 Å². The second kappa shape index (κ2) is 15.1. The largest absolute Gasteiger partial charge is 0.453 e. The van der Waals surface area contributed by atoms with E-state index in [2.05, 4.69) is 23.7 Å². The fourth-order valence-electron chi connectivity index (χ4n) is 8.73. The number of rotatable bonds is 4. The third kappa shape index (κ3) is 7.56. The summed E-state index contributed by atoms with van der Waals surface area (Å²) < 4.78 is 22.7. The minimum atomic E-state index is -1.21. The molecule has 0 aromatic heterocycles. The molecule has 2 saturated heterocycles. The van der Waals surface area contributed by atoms with Crippen molar-refractivity contribution in [2.45, 2.75) is 94.9 Å². The van der Waals surface area contributed by atoms with Crippen LogP contribution in [-0.2, 0) is 28.5 Å². The van der Waals surface area contributed by atoms with Crippen LogP contribution in [0.25, 0.3) is 0 Å². The van der Waals surface area contributed by atoms with E-state index in [1.54, 1.807) is 9.80 Å². The zero-order valence-electron chi connectivity index (χ0n) is 29.9. The molecular formula is C41H46N2O8. The SMILES string of the molecule is COC(=O)N1CC[C@@H]2[C@H]1CCC[C@]2(C#Cc1cccc(C)c1)OC(=O)CC(=O)O[C@@]1(C#Cc2cccc(C)c2)CCC[C@@H]2[C@H]1CCN2C(=O)OC. The number of methoxy groups -OCH3 is 2. The summed E-state index contributed by atoms with van der Waals surface area (Å²) in [6, 6.07) is 15.1. The summed E-state index contributed by atoms with van der Waals surface area (Å²) in [6.45, 7) is 4.89. The topological polar surface area (TPSA) is 112 Å². The van der Waals surface area contributed by atoms with E-state index in [9.17, 15) is 19.2 Å².